The van der Waals surface area contributed by atoms with Gasteiger partial charge < -0.3 is 4.74 Å². The molecular weight excluding hydrogens is 215 g/mol. The van der Waals surface area contributed by atoms with E-state index in [2.05, 4.69) is 24.8 Å². The number of ether oxygens (including phenoxy) is 1. The van der Waals surface area contributed by atoms with Crippen molar-refractivity contribution in [3.8, 4) is 0 Å². The molecular formula is C8H8KOS2. The Morgan fingerprint density at radius 2 is 1.92 bits per heavy atom. The maximum Gasteiger partial charge on any atom is 0.217 e. The standard InChI is InChI=1S/C8H8OS2.K/c10-8(11)9-6-7-4-2-1-3-5-7;/h1-5H,6H2,(H,10,11);. The summed E-state index contributed by atoms with van der Waals surface area (Å²) in [5.41, 5.74) is 1.10. The van der Waals surface area contributed by atoms with Gasteiger partial charge in [0.25, 0.3) is 0 Å². The number of benzene rings is 1. The van der Waals surface area contributed by atoms with E-state index in [4.69, 9.17) is 4.74 Å². The number of thiol groups is 1. The molecule has 0 N–H and O–H groups in total. The monoisotopic (exact) mass is 223 g/mol. The van der Waals surface area contributed by atoms with Crippen molar-refractivity contribution < 1.29 is 4.74 Å². The summed E-state index contributed by atoms with van der Waals surface area (Å²) in [4.78, 5) is 0. The molecule has 0 fully saturated rings. The van der Waals surface area contributed by atoms with Crippen LogP contribution in [-0.2, 0) is 11.3 Å². The predicted molar refractivity (Wildman–Crippen MR) is 58.6 cm³/mol. The summed E-state index contributed by atoms with van der Waals surface area (Å²) in [5, 5.41) is 0. The van der Waals surface area contributed by atoms with E-state index in [1.165, 1.54) is 0 Å². The van der Waals surface area contributed by atoms with Crippen LogP contribution in [0, 0.1) is 0 Å². The number of rotatable bonds is 2. The molecule has 0 heterocycles. The Kier molecular flexibility index (Phi) is 8.18. The average Bonchev–Trinajstić information content (AvgIpc) is 2.03. The first-order valence-electron chi connectivity index (χ1n) is 3.18. The van der Waals surface area contributed by atoms with Gasteiger partial charge in [-0.15, -0.1) is 0 Å². The van der Waals surface area contributed by atoms with Gasteiger partial charge >= 0.3 is 0 Å². The van der Waals surface area contributed by atoms with Crippen LogP contribution in [0.3, 0.4) is 0 Å². The van der Waals surface area contributed by atoms with Crippen molar-refractivity contribution in [1.82, 2.24) is 0 Å². The van der Waals surface area contributed by atoms with Crippen LogP contribution in [0.25, 0.3) is 0 Å². The molecule has 0 aromatic heterocycles. The molecule has 0 aliphatic carbocycles. The smallest absolute Gasteiger partial charge is 0.217 e. The molecule has 12 heavy (non-hydrogen) atoms. The van der Waals surface area contributed by atoms with Gasteiger partial charge in [0.05, 0.1) is 0 Å². The Morgan fingerprint density at radius 1 is 1.33 bits per heavy atom. The molecule has 0 aliphatic rings. The third-order valence-corrected chi connectivity index (χ3v) is 1.45. The summed E-state index contributed by atoms with van der Waals surface area (Å²) in [6.45, 7) is 0.503. The molecule has 1 aromatic carbocycles. The Balaban J connectivity index is 0.00000121. The minimum absolute atomic E-state index is 0. The molecule has 0 saturated carbocycles. The van der Waals surface area contributed by atoms with Crippen LogP contribution in [0.5, 0.6) is 0 Å². The third kappa shape index (κ3) is 5.69. The third-order valence-electron chi connectivity index (χ3n) is 1.21. The van der Waals surface area contributed by atoms with Crippen molar-refractivity contribution in [2.45, 2.75) is 6.61 Å². The van der Waals surface area contributed by atoms with E-state index >= 15 is 0 Å². The van der Waals surface area contributed by atoms with E-state index in [0.717, 1.165) is 5.56 Å². The molecule has 1 rings (SSSR count). The van der Waals surface area contributed by atoms with Gasteiger partial charge in [-0.2, -0.15) is 0 Å². The minimum atomic E-state index is 0. The van der Waals surface area contributed by atoms with Crippen LogP contribution in [0.1, 0.15) is 5.56 Å². The van der Waals surface area contributed by atoms with Crippen molar-refractivity contribution in [3.63, 3.8) is 0 Å². The van der Waals surface area contributed by atoms with Gasteiger partial charge in [0.15, 0.2) is 0 Å². The molecule has 0 amide bonds. The van der Waals surface area contributed by atoms with Crippen LogP contribution in [0.15, 0.2) is 30.3 Å². The molecule has 1 nitrogen and oxygen atoms in total. The van der Waals surface area contributed by atoms with Crippen LogP contribution < -0.4 is 0 Å². The van der Waals surface area contributed by atoms with E-state index in [-0.39, 0.29) is 55.8 Å². The van der Waals surface area contributed by atoms with Crippen LogP contribution in [0.4, 0.5) is 0 Å². The van der Waals surface area contributed by atoms with Crippen LogP contribution >= 0.6 is 24.8 Å². The molecule has 0 saturated heterocycles. The van der Waals surface area contributed by atoms with Gasteiger partial charge in [-0.1, -0.05) is 43.0 Å². The van der Waals surface area contributed by atoms with Crippen molar-refractivity contribution in [2.75, 3.05) is 0 Å². The van der Waals surface area contributed by atoms with Gasteiger partial charge in [-0.3, -0.25) is 0 Å². The van der Waals surface area contributed by atoms with E-state index in [9.17, 15) is 0 Å². The van der Waals surface area contributed by atoms with E-state index in [1.54, 1.807) is 0 Å². The van der Waals surface area contributed by atoms with Gasteiger partial charge in [0.2, 0.25) is 4.38 Å². The number of hydrogen-bond donors (Lipinski definition) is 1. The Hall–Kier alpha value is 1.10. The fourth-order valence-electron chi connectivity index (χ4n) is 0.719. The zero-order chi connectivity index (χ0) is 8.10. The molecule has 1 radical (unpaired) electrons. The SMILES string of the molecule is S=C(S)OCc1ccccc1.[K]. The molecule has 0 bridgehead atoms. The Bertz CT molecular complexity index is 238. The molecule has 0 aliphatic heterocycles. The van der Waals surface area contributed by atoms with Crippen LogP contribution in [-0.4, -0.2) is 55.8 Å². The van der Waals surface area contributed by atoms with Crippen molar-refractivity contribution >= 4 is 80.6 Å². The van der Waals surface area contributed by atoms with Crippen molar-refractivity contribution in [2.24, 2.45) is 0 Å². The second-order valence-electron chi connectivity index (χ2n) is 2.04. The zero-order valence-corrected chi connectivity index (χ0v) is 11.7. The van der Waals surface area contributed by atoms with Crippen LogP contribution in [0.2, 0.25) is 0 Å². The molecule has 0 spiro atoms. The first-order chi connectivity index (χ1) is 5.29. The molecule has 1 aromatic rings. The fourth-order valence-corrected chi connectivity index (χ4v) is 0.843. The summed E-state index contributed by atoms with van der Waals surface area (Å²) in [6.07, 6.45) is 0. The van der Waals surface area contributed by atoms with Crippen molar-refractivity contribution in [3.05, 3.63) is 35.9 Å². The zero-order valence-electron chi connectivity index (χ0n) is 6.86. The quantitative estimate of drug-likeness (QED) is 0.467. The van der Waals surface area contributed by atoms with E-state index in [1.807, 2.05) is 30.3 Å². The summed E-state index contributed by atoms with van der Waals surface area (Å²) in [7, 11) is 0. The molecule has 0 atom stereocenters. The van der Waals surface area contributed by atoms with Gasteiger partial charge in [-0.05, 0) is 17.8 Å². The summed E-state index contributed by atoms with van der Waals surface area (Å²) < 4.78 is 5.31. The Morgan fingerprint density at radius 3 is 2.42 bits per heavy atom. The van der Waals surface area contributed by atoms with Gasteiger partial charge in [0.1, 0.15) is 6.61 Å². The summed E-state index contributed by atoms with van der Waals surface area (Å²) >= 11 is 8.47. The second-order valence-corrected chi connectivity index (χ2v) is 3.12. The maximum absolute atomic E-state index is 5.02. The predicted octanol–water partition coefficient (Wildman–Crippen LogP) is 2.04. The van der Waals surface area contributed by atoms with Crippen molar-refractivity contribution in [1.29, 1.82) is 0 Å². The Labute approximate surface area is 126 Å². The average molecular weight is 223 g/mol. The van der Waals surface area contributed by atoms with Gasteiger partial charge in [-0.25, -0.2) is 0 Å². The van der Waals surface area contributed by atoms with E-state index < -0.39 is 0 Å². The minimum Gasteiger partial charge on any atom is -0.474 e. The summed E-state index contributed by atoms with van der Waals surface area (Å²) in [6, 6.07) is 9.83. The topological polar surface area (TPSA) is 9.23 Å². The van der Waals surface area contributed by atoms with Gasteiger partial charge in [0, 0.05) is 51.4 Å². The fraction of sp³-hybridized carbons (Fsp3) is 0.125. The first-order valence-corrected chi connectivity index (χ1v) is 4.04. The first kappa shape index (κ1) is 13.1. The number of thiocarbonyl (C=S) groups is 1. The molecule has 59 valence electrons. The molecule has 0 unspecified atom stereocenters. The molecule has 4 heteroatoms. The normalized spacial score (nSPS) is 8.42. The maximum atomic E-state index is 5.02. The second kappa shape index (κ2) is 7.50. The van der Waals surface area contributed by atoms with E-state index in [0.29, 0.717) is 6.61 Å². The summed E-state index contributed by atoms with van der Waals surface area (Å²) in [5.74, 6) is 0. The largest absolute Gasteiger partial charge is 0.474 e. The number of hydrogen-bond acceptors (Lipinski definition) is 2.